The first kappa shape index (κ1) is 25.0. The number of amidine groups is 1. The summed E-state index contributed by atoms with van der Waals surface area (Å²) in [6.07, 6.45) is 6.85. The molecule has 0 aliphatic carbocycles. The monoisotopic (exact) mass is 515 g/mol. The molecule has 0 bridgehead atoms. The molecular formula is C28H33N7OS. The van der Waals surface area contributed by atoms with E-state index >= 15 is 0 Å². The molecule has 0 saturated carbocycles. The van der Waals surface area contributed by atoms with Gasteiger partial charge in [0.2, 0.25) is 0 Å². The van der Waals surface area contributed by atoms with Crippen LogP contribution in [0.3, 0.4) is 0 Å². The van der Waals surface area contributed by atoms with E-state index in [1.807, 2.05) is 27.1 Å². The van der Waals surface area contributed by atoms with Crippen LogP contribution in [0.1, 0.15) is 29.3 Å². The average Bonchev–Trinajstić information content (AvgIpc) is 3.61. The first-order valence-corrected chi connectivity index (χ1v) is 13.4. The normalized spacial score (nSPS) is 17.0. The molecule has 5 rings (SSSR count). The molecule has 1 atom stereocenters. The number of para-hydroxylation sites is 1. The van der Waals surface area contributed by atoms with Gasteiger partial charge < -0.3 is 20.8 Å². The number of nitrogens with two attached hydrogens (primary N) is 1. The fraction of sp³-hybridized carbons (Fsp3) is 0.321. The Kier molecular flexibility index (Phi) is 7.25. The lowest BCUT2D eigenvalue weighted by molar-refractivity contribution is 0.198. The molecular weight excluding hydrogens is 482 g/mol. The van der Waals surface area contributed by atoms with E-state index in [1.165, 1.54) is 10.4 Å². The summed E-state index contributed by atoms with van der Waals surface area (Å²) in [4.78, 5) is 20.7. The van der Waals surface area contributed by atoms with E-state index < -0.39 is 0 Å². The lowest BCUT2D eigenvalue weighted by Gasteiger charge is -2.17. The van der Waals surface area contributed by atoms with Crippen molar-refractivity contribution in [1.29, 1.82) is 0 Å². The summed E-state index contributed by atoms with van der Waals surface area (Å²) in [6.45, 7) is 8.86. The zero-order chi connectivity index (χ0) is 25.9. The molecule has 1 fully saturated rings. The summed E-state index contributed by atoms with van der Waals surface area (Å²) < 4.78 is 6.26. The van der Waals surface area contributed by atoms with Crippen molar-refractivity contribution in [3.63, 3.8) is 0 Å². The van der Waals surface area contributed by atoms with Crippen molar-refractivity contribution < 1.29 is 4.74 Å². The number of aryl methyl sites for hydroxylation is 2. The van der Waals surface area contributed by atoms with Crippen molar-refractivity contribution in [2.45, 2.75) is 39.8 Å². The van der Waals surface area contributed by atoms with E-state index in [2.05, 4.69) is 61.7 Å². The Labute approximate surface area is 221 Å². The Morgan fingerprint density at radius 1 is 1.35 bits per heavy atom. The molecule has 8 nitrogen and oxygen atoms in total. The predicted octanol–water partition coefficient (Wildman–Crippen LogP) is 5.07. The second-order valence-corrected chi connectivity index (χ2v) is 10.6. The molecule has 37 heavy (non-hydrogen) atoms. The number of aromatic nitrogens is 3. The van der Waals surface area contributed by atoms with Crippen molar-refractivity contribution in [2.75, 3.05) is 20.1 Å². The van der Waals surface area contributed by atoms with Gasteiger partial charge in [-0.25, -0.2) is 9.97 Å². The van der Waals surface area contributed by atoms with Crippen LogP contribution in [-0.4, -0.2) is 51.9 Å². The Balaban J connectivity index is 1.37. The van der Waals surface area contributed by atoms with Gasteiger partial charge in [-0.15, -0.1) is 11.3 Å². The third-order valence-corrected chi connectivity index (χ3v) is 7.56. The van der Waals surface area contributed by atoms with E-state index in [4.69, 9.17) is 15.5 Å². The maximum absolute atomic E-state index is 6.26. The molecule has 4 heterocycles. The minimum Gasteiger partial charge on any atom is -0.488 e. The number of thiophene rings is 1. The highest BCUT2D eigenvalue weighted by Gasteiger charge is 2.25. The quantitative estimate of drug-likeness (QED) is 0.224. The van der Waals surface area contributed by atoms with Crippen molar-refractivity contribution >= 4 is 34.0 Å². The molecule has 1 aliphatic rings. The Morgan fingerprint density at radius 3 is 3.00 bits per heavy atom. The second kappa shape index (κ2) is 10.7. The molecule has 0 amide bonds. The molecule has 1 saturated heterocycles. The van der Waals surface area contributed by atoms with Gasteiger partial charge in [-0.05, 0) is 55.8 Å². The first-order chi connectivity index (χ1) is 17.9. The van der Waals surface area contributed by atoms with Crippen LogP contribution in [0.2, 0.25) is 0 Å². The number of H-pyrrole nitrogens is 1. The fourth-order valence-corrected chi connectivity index (χ4v) is 5.33. The van der Waals surface area contributed by atoms with Crippen LogP contribution < -0.4 is 15.8 Å². The number of ether oxygens (including phenoxy) is 1. The van der Waals surface area contributed by atoms with Gasteiger partial charge in [-0.3, -0.25) is 4.90 Å². The molecule has 0 radical (unpaired) electrons. The summed E-state index contributed by atoms with van der Waals surface area (Å²) in [5.74, 6) is 1.71. The number of fused-ring (bicyclic) bond motifs is 1. The largest absolute Gasteiger partial charge is 0.488 e. The fourth-order valence-electron chi connectivity index (χ4n) is 4.70. The molecule has 3 aromatic heterocycles. The van der Waals surface area contributed by atoms with Crippen LogP contribution in [0.15, 0.2) is 58.8 Å². The lowest BCUT2D eigenvalue weighted by atomic mass is 10.0. The summed E-state index contributed by atoms with van der Waals surface area (Å²) in [6, 6.07) is 8.52. The zero-order valence-electron chi connectivity index (χ0n) is 21.7. The van der Waals surface area contributed by atoms with Crippen LogP contribution in [-0.2, 0) is 6.54 Å². The number of nitrogens with one attached hydrogen (secondary N) is 2. The number of aromatic amines is 1. The van der Waals surface area contributed by atoms with Crippen molar-refractivity contribution in [1.82, 2.24) is 25.2 Å². The smallest absolute Gasteiger partial charge is 0.251 e. The van der Waals surface area contributed by atoms with E-state index in [9.17, 15) is 0 Å². The predicted molar refractivity (Wildman–Crippen MR) is 152 cm³/mol. The van der Waals surface area contributed by atoms with Crippen molar-refractivity contribution in [3.05, 3.63) is 69.8 Å². The number of likely N-dealkylation sites (tertiary alicyclic amines) is 1. The molecule has 9 heteroatoms. The minimum atomic E-state index is 0.230. The highest BCUT2D eigenvalue weighted by Crippen LogP contribution is 2.33. The lowest BCUT2D eigenvalue weighted by Crippen LogP contribution is -2.24. The van der Waals surface area contributed by atoms with Gasteiger partial charge in [0.1, 0.15) is 17.7 Å². The summed E-state index contributed by atoms with van der Waals surface area (Å²) in [5, 5.41) is 6.26. The number of allylic oxidation sites excluding steroid dienone is 1. The van der Waals surface area contributed by atoms with Gasteiger partial charge in [0.25, 0.3) is 5.95 Å². The molecule has 4 aromatic rings. The third kappa shape index (κ3) is 5.52. The molecule has 1 aromatic carbocycles. The van der Waals surface area contributed by atoms with Gasteiger partial charge in [0.05, 0.1) is 11.2 Å². The van der Waals surface area contributed by atoms with E-state index in [0.29, 0.717) is 11.8 Å². The number of hydrogen-bond donors (Lipinski definition) is 3. The van der Waals surface area contributed by atoms with E-state index in [0.717, 1.165) is 65.2 Å². The summed E-state index contributed by atoms with van der Waals surface area (Å²) in [7, 11) is 1.84. The van der Waals surface area contributed by atoms with Gasteiger partial charge >= 0.3 is 0 Å². The number of hydrogen-bond acceptors (Lipinski definition) is 7. The van der Waals surface area contributed by atoms with Crippen molar-refractivity contribution in [2.24, 2.45) is 10.7 Å². The minimum absolute atomic E-state index is 0.230. The summed E-state index contributed by atoms with van der Waals surface area (Å²) in [5.41, 5.74) is 12.2. The van der Waals surface area contributed by atoms with Gasteiger partial charge in [-0.1, -0.05) is 18.2 Å². The Bertz CT molecular complexity index is 1470. The van der Waals surface area contributed by atoms with Crippen LogP contribution in [0.4, 0.5) is 5.95 Å². The standard InChI is InChI=1S/C28H33N7OS/c1-17-13-32-28(33-25(29)12-18(2)30-4)34-26(17)23-14-31-27-20(6-5-7-22(23)27)15-35-10-8-21(16-35)36-24-9-11-37-19(24)3/h5-7,9,11-14,21,30-31H,8,10,15-16H2,1-4H3,(H2,29,32,33,34)/b18-12-. The van der Waals surface area contributed by atoms with Crippen LogP contribution in [0, 0.1) is 13.8 Å². The number of nitrogens with zero attached hydrogens (tertiary/aromatic N) is 4. The number of aliphatic imine (C=N–C) groups is 1. The molecule has 1 aliphatic heterocycles. The summed E-state index contributed by atoms with van der Waals surface area (Å²) >= 11 is 1.73. The number of benzene rings is 1. The molecule has 192 valence electrons. The maximum atomic E-state index is 6.26. The topological polar surface area (TPSA) is 104 Å². The average molecular weight is 516 g/mol. The number of rotatable bonds is 8. The maximum Gasteiger partial charge on any atom is 0.251 e. The first-order valence-electron chi connectivity index (χ1n) is 12.5. The van der Waals surface area contributed by atoms with Gasteiger partial charge in [0, 0.05) is 60.6 Å². The Morgan fingerprint density at radius 2 is 2.22 bits per heavy atom. The van der Waals surface area contributed by atoms with Crippen molar-refractivity contribution in [3.8, 4) is 17.0 Å². The van der Waals surface area contributed by atoms with Gasteiger partial charge in [0.15, 0.2) is 0 Å². The highest BCUT2D eigenvalue weighted by molar-refractivity contribution is 7.10. The SMILES string of the molecule is CN/C(C)=C\C(N)=N/c1ncc(C)c(-c2c[nH]c3c(CN4CCC(Oc5ccsc5C)C4)cccc23)n1. The van der Waals surface area contributed by atoms with Crippen LogP contribution in [0.5, 0.6) is 5.75 Å². The highest BCUT2D eigenvalue weighted by atomic mass is 32.1. The van der Waals surface area contributed by atoms with Crippen LogP contribution in [0.25, 0.3) is 22.2 Å². The molecule has 0 spiro atoms. The third-order valence-electron chi connectivity index (χ3n) is 6.73. The zero-order valence-corrected chi connectivity index (χ0v) is 22.5. The van der Waals surface area contributed by atoms with E-state index in [-0.39, 0.29) is 6.10 Å². The van der Waals surface area contributed by atoms with Gasteiger partial charge in [-0.2, -0.15) is 4.99 Å². The molecule has 1 unspecified atom stereocenters. The Hall–Kier alpha value is -3.69. The molecule has 4 N–H and O–H groups in total. The second-order valence-electron chi connectivity index (χ2n) is 9.46. The van der Waals surface area contributed by atoms with E-state index in [1.54, 1.807) is 23.6 Å². The van der Waals surface area contributed by atoms with Crippen LogP contribution >= 0.6 is 11.3 Å².